The summed E-state index contributed by atoms with van der Waals surface area (Å²) in [5.74, 6) is 0. The third-order valence-corrected chi connectivity index (χ3v) is 3.33. The molecule has 0 saturated heterocycles. The van der Waals surface area contributed by atoms with E-state index in [9.17, 15) is 0 Å². The summed E-state index contributed by atoms with van der Waals surface area (Å²) in [5, 5.41) is 9.27. The van der Waals surface area contributed by atoms with Crippen LogP contribution in [0.5, 0.6) is 0 Å². The molecule has 0 unspecified atom stereocenters. The van der Waals surface area contributed by atoms with E-state index in [1.54, 1.807) is 7.11 Å². The summed E-state index contributed by atoms with van der Waals surface area (Å²) in [5.41, 5.74) is 2.44. The van der Waals surface area contributed by atoms with Gasteiger partial charge in [0.25, 0.3) is 0 Å². The number of benzene rings is 1. The number of fused-ring (bicyclic) bond motifs is 1. The van der Waals surface area contributed by atoms with Crippen LogP contribution in [0.3, 0.4) is 0 Å². The van der Waals surface area contributed by atoms with E-state index < -0.39 is 0 Å². The third kappa shape index (κ3) is 3.78. The van der Waals surface area contributed by atoms with Crippen molar-refractivity contribution in [2.24, 2.45) is 7.05 Å². The summed E-state index contributed by atoms with van der Waals surface area (Å²) < 4.78 is 6.97. The van der Waals surface area contributed by atoms with E-state index in [4.69, 9.17) is 4.74 Å². The van der Waals surface area contributed by atoms with Crippen LogP contribution < -0.4 is 5.32 Å². The first-order valence-corrected chi connectivity index (χ1v) is 6.93. The SMILES string of the molecule is COCCNCCCCc1nn(C)c2ccccc12. The lowest BCUT2D eigenvalue weighted by atomic mass is 10.1. The van der Waals surface area contributed by atoms with Crippen molar-refractivity contribution < 1.29 is 4.74 Å². The molecule has 0 aliphatic carbocycles. The Bertz CT molecular complexity index is 507. The number of ether oxygens (including phenoxy) is 1. The molecule has 104 valence electrons. The van der Waals surface area contributed by atoms with Crippen LogP contribution in [0, 0.1) is 0 Å². The lowest BCUT2D eigenvalue weighted by Gasteiger charge is -2.03. The van der Waals surface area contributed by atoms with Crippen molar-refractivity contribution in [2.75, 3.05) is 26.8 Å². The van der Waals surface area contributed by atoms with Gasteiger partial charge in [0.05, 0.1) is 17.8 Å². The Hall–Kier alpha value is -1.39. The molecule has 0 aliphatic rings. The van der Waals surface area contributed by atoms with Crippen LogP contribution in [-0.4, -0.2) is 36.6 Å². The maximum absolute atomic E-state index is 4.99. The van der Waals surface area contributed by atoms with Gasteiger partial charge >= 0.3 is 0 Å². The summed E-state index contributed by atoms with van der Waals surface area (Å²) in [4.78, 5) is 0. The van der Waals surface area contributed by atoms with Crippen molar-refractivity contribution in [3.63, 3.8) is 0 Å². The van der Waals surface area contributed by atoms with Crippen LogP contribution in [0.4, 0.5) is 0 Å². The second kappa shape index (κ2) is 7.26. The van der Waals surface area contributed by atoms with E-state index in [1.807, 2.05) is 11.7 Å². The van der Waals surface area contributed by atoms with Gasteiger partial charge < -0.3 is 10.1 Å². The highest BCUT2D eigenvalue weighted by Crippen LogP contribution is 2.18. The van der Waals surface area contributed by atoms with E-state index >= 15 is 0 Å². The number of unbranched alkanes of at least 4 members (excludes halogenated alkanes) is 1. The molecular formula is C15H23N3O. The quantitative estimate of drug-likeness (QED) is 0.740. The fourth-order valence-corrected chi connectivity index (χ4v) is 2.32. The average Bonchev–Trinajstić information content (AvgIpc) is 2.75. The molecule has 0 aliphatic heterocycles. The highest BCUT2D eigenvalue weighted by atomic mass is 16.5. The van der Waals surface area contributed by atoms with Gasteiger partial charge in [0.2, 0.25) is 0 Å². The fourth-order valence-electron chi connectivity index (χ4n) is 2.32. The van der Waals surface area contributed by atoms with Gasteiger partial charge in [-0.25, -0.2) is 0 Å². The zero-order valence-corrected chi connectivity index (χ0v) is 11.9. The standard InChI is InChI=1S/C15H23N3O/c1-18-15-9-4-3-7-13(15)14(17-18)8-5-6-10-16-11-12-19-2/h3-4,7,9,16H,5-6,8,10-12H2,1-2H3. The number of nitrogens with one attached hydrogen (secondary N) is 1. The molecule has 4 heteroatoms. The Labute approximate surface area is 114 Å². The molecule has 0 bridgehead atoms. The van der Waals surface area contributed by atoms with Crippen LogP contribution in [0.2, 0.25) is 0 Å². The highest BCUT2D eigenvalue weighted by molar-refractivity contribution is 5.81. The smallest absolute Gasteiger partial charge is 0.0703 e. The lowest BCUT2D eigenvalue weighted by molar-refractivity contribution is 0.199. The molecule has 2 rings (SSSR count). The van der Waals surface area contributed by atoms with Gasteiger partial charge in [-0.15, -0.1) is 0 Å². The van der Waals surface area contributed by atoms with Crippen molar-refractivity contribution >= 4 is 10.9 Å². The van der Waals surface area contributed by atoms with Crippen LogP contribution in [0.25, 0.3) is 10.9 Å². The molecule has 19 heavy (non-hydrogen) atoms. The minimum atomic E-state index is 0.783. The number of hydrogen-bond acceptors (Lipinski definition) is 3. The van der Waals surface area contributed by atoms with Crippen LogP contribution >= 0.6 is 0 Å². The average molecular weight is 261 g/mol. The van der Waals surface area contributed by atoms with E-state index in [0.29, 0.717) is 0 Å². The third-order valence-electron chi connectivity index (χ3n) is 3.33. The highest BCUT2D eigenvalue weighted by Gasteiger charge is 2.06. The maximum Gasteiger partial charge on any atom is 0.0703 e. The first-order chi connectivity index (χ1) is 9.33. The number of hydrogen-bond donors (Lipinski definition) is 1. The predicted molar refractivity (Wildman–Crippen MR) is 78.4 cm³/mol. The molecule has 0 atom stereocenters. The number of rotatable bonds is 8. The molecule has 2 aromatic rings. The van der Waals surface area contributed by atoms with Gasteiger partial charge in [0, 0.05) is 26.1 Å². The number of aryl methyl sites for hydroxylation is 2. The Morgan fingerprint density at radius 1 is 1.21 bits per heavy atom. The molecule has 1 aromatic heterocycles. The Kier molecular flexibility index (Phi) is 5.36. The number of methoxy groups -OCH3 is 1. The topological polar surface area (TPSA) is 39.1 Å². The van der Waals surface area contributed by atoms with Gasteiger partial charge in [-0.2, -0.15) is 5.10 Å². The molecule has 0 radical (unpaired) electrons. The predicted octanol–water partition coefficient (Wildman–Crippen LogP) is 2.13. The van der Waals surface area contributed by atoms with Gasteiger partial charge in [0.1, 0.15) is 0 Å². The first kappa shape index (κ1) is 14.0. The number of para-hydroxylation sites is 1. The van der Waals surface area contributed by atoms with Crippen molar-refractivity contribution in [3.05, 3.63) is 30.0 Å². The molecular weight excluding hydrogens is 238 g/mol. The first-order valence-electron chi connectivity index (χ1n) is 6.93. The maximum atomic E-state index is 4.99. The monoisotopic (exact) mass is 261 g/mol. The molecule has 1 aromatic carbocycles. The van der Waals surface area contributed by atoms with Crippen molar-refractivity contribution in [1.29, 1.82) is 0 Å². The van der Waals surface area contributed by atoms with Crippen LogP contribution in [0.15, 0.2) is 24.3 Å². The summed E-state index contributed by atoms with van der Waals surface area (Å²) >= 11 is 0. The Balaban J connectivity index is 1.79. The molecule has 0 saturated carbocycles. The second-order valence-corrected chi connectivity index (χ2v) is 4.79. The zero-order chi connectivity index (χ0) is 13.5. The van der Waals surface area contributed by atoms with Crippen LogP contribution in [0.1, 0.15) is 18.5 Å². The van der Waals surface area contributed by atoms with Crippen molar-refractivity contribution in [2.45, 2.75) is 19.3 Å². The minimum absolute atomic E-state index is 0.783. The number of aromatic nitrogens is 2. The normalized spacial score (nSPS) is 11.3. The minimum Gasteiger partial charge on any atom is -0.383 e. The van der Waals surface area contributed by atoms with Gasteiger partial charge in [-0.05, 0) is 31.9 Å². The molecule has 4 nitrogen and oxygen atoms in total. The largest absolute Gasteiger partial charge is 0.383 e. The van der Waals surface area contributed by atoms with E-state index in [1.165, 1.54) is 29.4 Å². The van der Waals surface area contributed by atoms with E-state index in [2.05, 4.69) is 34.7 Å². The molecule has 1 N–H and O–H groups in total. The van der Waals surface area contributed by atoms with Crippen molar-refractivity contribution in [1.82, 2.24) is 15.1 Å². The summed E-state index contributed by atoms with van der Waals surface area (Å²) in [6, 6.07) is 8.43. The lowest BCUT2D eigenvalue weighted by Crippen LogP contribution is -2.20. The summed E-state index contributed by atoms with van der Waals surface area (Å²) in [7, 11) is 3.74. The van der Waals surface area contributed by atoms with E-state index in [-0.39, 0.29) is 0 Å². The molecule has 0 fully saturated rings. The van der Waals surface area contributed by atoms with Gasteiger partial charge in [0.15, 0.2) is 0 Å². The Morgan fingerprint density at radius 2 is 2.05 bits per heavy atom. The molecule has 1 heterocycles. The van der Waals surface area contributed by atoms with Crippen molar-refractivity contribution in [3.8, 4) is 0 Å². The molecule has 0 spiro atoms. The molecule has 0 amide bonds. The van der Waals surface area contributed by atoms with Gasteiger partial charge in [-0.1, -0.05) is 18.2 Å². The fraction of sp³-hybridized carbons (Fsp3) is 0.533. The Morgan fingerprint density at radius 3 is 2.89 bits per heavy atom. The number of nitrogens with zero attached hydrogens (tertiary/aromatic N) is 2. The second-order valence-electron chi connectivity index (χ2n) is 4.79. The summed E-state index contributed by atoms with van der Waals surface area (Å²) in [6.07, 6.45) is 3.39. The van der Waals surface area contributed by atoms with Crippen LogP contribution in [-0.2, 0) is 18.2 Å². The summed E-state index contributed by atoms with van der Waals surface area (Å²) in [6.45, 7) is 2.77. The van der Waals surface area contributed by atoms with E-state index in [0.717, 1.165) is 26.1 Å². The zero-order valence-electron chi connectivity index (χ0n) is 11.9. The van der Waals surface area contributed by atoms with Gasteiger partial charge in [-0.3, -0.25) is 4.68 Å².